The lowest BCUT2D eigenvalue weighted by Crippen LogP contribution is -2.22. The maximum absolute atomic E-state index is 11.0. The van der Waals surface area contributed by atoms with E-state index in [9.17, 15) is 14.2 Å². The smallest absolute Gasteiger partial charge is 0.432 e. The van der Waals surface area contributed by atoms with Crippen LogP contribution < -0.4 is 5.09 Å². The number of rotatable bonds is 9. The van der Waals surface area contributed by atoms with Crippen molar-refractivity contribution in [1.82, 2.24) is 5.09 Å². The fourth-order valence-corrected chi connectivity index (χ4v) is 1.20. The van der Waals surface area contributed by atoms with E-state index < -0.39 is 19.8 Å². The number of hydrogen-bond acceptors (Lipinski definition) is 6. The van der Waals surface area contributed by atoms with Crippen LogP contribution in [0.15, 0.2) is 12.2 Å². The van der Waals surface area contributed by atoms with E-state index in [1.54, 1.807) is 0 Å². The predicted octanol–water partition coefficient (Wildman–Crippen LogP) is 0.331. The second-order valence-electron chi connectivity index (χ2n) is 3.67. The molecule has 0 unspecified atom stereocenters. The minimum Gasteiger partial charge on any atom is -0.460 e. The molecule has 20 heavy (non-hydrogen) atoms. The third-order valence-electron chi connectivity index (χ3n) is 1.71. The van der Waals surface area contributed by atoms with E-state index in [1.807, 2.05) is 0 Å². The van der Waals surface area contributed by atoms with Gasteiger partial charge in [-0.05, 0) is 6.92 Å². The molecular formula is C10H18NO8P. The van der Waals surface area contributed by atoms with Gasteiger partial charge in [0.15, 0.2) is 0 Å². The number of ether oxygens (including phenoxy) is 3. The van der Waals surface area contributed by atoms with Gasteiger partial charge in [-0.15, -0.1) is 0 Å². The molecule has 0 radical (unpaired) electrons. The third-order valence-corrected chi connectivity index (χ3v) is 2.19. The van der Waals surface area contributed by atoms with Crippen LogP contribution in [0, 0.1) is 0 Å². The number of hydrogen-bond donors (Lipinski definition) is 3. The molecule has 0 heterocycles. The Hall–Kier alpha value is -1.41. The lowest BCUT2D eigenvalue weighted by Gasteiger charge is -2.08. The van der Waals surface area contributed by atoms with Crippen molar-refractivity contribution in [2.24, 2.45) is 0 Å². The highest BCUT2D eigenvalue weighted by atomic mass is 31.2. The summed E-state index contributed by atoms with van der Waals surface area (Å²) in [7, 11) is -4.62. The van der Waals surface area contributed by atoms with Crippen molar-refractivity contribution in [3.63, 3.8) is 0 Å². The van der Waals surface area contributed by atoms with Gasteiger partial charge in [-0.1, -0.05) is 6.58 Å². The maximum Gasteiger partial charge on any atom is 0.432 e. The minimum absolute atomic E-state index is 0.0581. The Morgan fingerprint density at radius 1 is 1.15 bits per heavy atom. The van der Waals surface area contributed by atoms with Gasteiger partial charge in [-0.2, -0.15) is 0 Å². The molecule has 0 rings (SSSR count). The minimum atomic E-state index is -4.62. The van der Waals surface area contributed by atoms with Crippen molar-refractivity contribution in [3.05, 3.63) is 12.2 Å². The van der Waals surface area contributed by atoms with Crippen LogP contribution in [0.5, 0.6) is 0 Å². The quantitative estimate of drug-likeness (QED) is 0.240. The van der Waals surface area contributed by atoms with E-state index in [1.165, 1.54) is 12.0 Å². The zero-order valence-electron chi connectivity index (χ0n) is 11.0. The maximum atomic E-state index is 11.0. The number of carbonyl (C=O) groups excluding carboxylic acids is 2. The fraction of sp³-hybridized carbons (Fsp3) is 0.600. The van der Waals surface area contributed by atoms with E-state index in [4.69, 9.17) is 19.3 Å². The van der Waals surface area contributed by atoms with Crippen molar-refractivity contribution in [2.75, 3.05) is 26.4 Å². The third kappa shape index (κ3) is 11.7. The standard InChI is InChI=1S/C10H18NO8P/c1-8(2)9(12)18-7-6-17-4-3-5-19-10(13)11-20(14,15)16/h1,3-7H2,2H3,(H3,11,13,14,15,16). The fourth-order valence-electron chi connectivity index (χ4n) is 0.896. The van der Waals surface area contributed by atoms with Crippen molar-refractivity contribution in [1.29, 1.82) is 0 Å². The topological polar surface area (TPSA) is 131 Å². The van der Waals surface area contributed by atoms with Gasteiger partial charge in [0.1, 0.15) is 6.61 Å². The molecule has 0 bridgehead atoms. The first-order chi connectivity index (χ1) is 9.22. The summed E-state index contributed by atoms with van der Waals surface area (Å²) < 4.78 is 24.7. The van der Waals surface area contributed by atoms with Gasteiger partial charge in [0, 0.05) is 18.6 Å². The number of amides is 1. The SMILES string of the molecule is C=C(C)C(=O)OCCOCCCOC(=O)NP(=O)(O)O. The first-order valence-corrected chi connectivity index (χ1v) is 7.24. The van der Waals surface area contributed by atoms with Crippen LogP contribution in [0.2, 0.25) is 0 Å². The van der Waals surface area contributed by atoms with E-state index in [0.29, 0.717) is 12.0 Å². The van der Waals surface area contributed by atoms with E-state index in [2.05, 4.69) is 11.3 Å². The Balaban J connectivity index is 3.41. The molecular weight excluding hydrogens is 293 g/mol. The van der Waals surface area contributed by atoms with Gasteiger partial charge in [-0.25, -0.2) is 19.2 Å². The van der Waals surface area contributed by atoms with Crippen molar-refractivity contribution in [3.8, 4) is 0 Å². The zero-order valence-corrected chi connectivity index (χ0v) is 11.9. The summed E-state index contributed by atoms with van der Waals surface area (Å²) in [6, 6.07) is 0. The highest BCUT2D eigenvalue weighted by molar-refractivity contribution is 7.50. The Kier molecular flexibility index (Phi) is 8.82. The molecule has 0 saturated heterocycles. The first-order valence-electron chi connectivity index (χ1n) is 5.63. The summed E-state index contributed by atoms with van der Waals surface area (Å²) in [6.45, 7) is 5.40. The molecule has 0 fully saturated rings. The van der Waals surface area contributed by atoms with Crippen LogP contribution in [-0.2, 0) is 23.6 Å². The predicted molar refractivity (Wildman–Crippen MR) is 67.7 cm³/mol. The molecule has 1 amide bonds. The normalized spacial score (nSPS) is 10.8. The molecule has 0 spiro atoms. The second kappa shape index (κ2) is 9.49. The summed E-state index contributed by atoms with van der Waals surface area (Å²) in [5, 5.41) is 1.35. The average molecular weight is 311 g/mol. The Labute approximate surface area is 116 Å². The summed E-state index contributed by atoms with van der Waals surface area (Å²) in [6.07, 6.45) is -0.864. The molecule has 0 aliphatic rings. The van der Waals surface area contributed by atoms with Gasteiger partial charge in [0.2, 0.25) is 0 Å². The second-order valence-corrected chi connectivity index (χ2v) is 4.99. The van der Waals surface area contributed by atoms with E-state index in [0.717, 1.165) is 0 Å². The highest BCUT2D eigenvalue weighted by Crippen LogP contribution is 2.27. The Morgan fingerprint density at radius 2 is 1.80 bits per heavy atom. The average Bonchev–Trinajstić information content (AvgIpc) is 2.29. The van der Waals surface area contributed by atoms with Crippen molar-refractivity contribution < 1.29 is 38.2 Å². The highest BCUT2D eigenvalue weighted by Gasteiger charge is 2.17. The lowest BCUT2D eigenvalue weighted by molar-refractivity contribution is -0.140. The Bertz CT molecular complexity index is 391. The van der Waals surface area contributed by atoms with Crippen LogP contribution in [0.3, 0.4) is 0 Å². The molecule has 9 nitrogen and oxygen atoms in total. The van der Waals surface area contributed by atoms with Gasteiger partial charge in [-0.3, -0.25) is 0 Å². The van der Waals surface area contributed by atoms with Gasteiger partial charge >= 0.3 is 19.8 Å². The lowest BCUT2D eigenvalue weighted by atomic mass is 10.4. The van der Waals surface area contributed by atoms with Crippen LogP contribution in [-0.4, -0.2) is 48.3 Å². The van der Waals surface area contributed by atoms with Crippen LogP contribution in [0.25, 0.3) is 0 Å². The summed E-state index contributed by atoms with van der Waals surface area (Å²) in [5.74, 6) is -0.494. The molecule has 10 heteroatoms. The monoisotopic (exact) mass is 311 g/mol. The van der Waals surface area contributed by atoms with Gasteiger partial charge < -0.3 is 24.0 Å². The molecule has 0 aliphatic carbocycles. The van der Waals surface area contributed by atoms with E-state index in [-0.39, 0.29) is 26.4 Å². The summed E-state index contributed by atoms with van der Waals surface area (Å²) in [5.41, 5.74) is 0.300. The summed E-state index contributed by atoms with van der Waals surface area (Å²) in [4.78, 5) is 38.6. The van der Waals surface area contributed by atoms with Crippen LogP contribution in [0.1, 0.15) is 13.3 Å². The Morgan fingerprint density at radius 3 is 2.35 bits per heavy atom. The van der Waals surface area contributed by atoms with Crippen molar-refractivity contribution >= 4 is 19.8 Å². The molecule has 0 saturated carbocycles. The van der Waals surface area contributed by atoms with Gasteiger partial charge in [0.05, 0.1) is 13.2 Å². The first kappa shape index (κ1) is 18.6. The molecule has 0 aliphatic heterocycles. The molecule has 3 N–H and O–H groups in total. The summed E-state index contributed by atoms with van der Waals surface area (Å²) >= 11 is 0. The molecule has 0 aromatic rings. The van der Waals surface area contributed by atoms with Gasteiger partial charge in [0.25, 0.3) is 0 Å². The van der Waals surface area contributed by atoms with Crippen molar-refractivity contribution in [2.45, 2.75) is 13.3 Å². The number of nitrogens with one attached hydrogen (secondary N) is 1. The van der Waals surface area contributed by atoms with Crippen LogP contribution in [0.4, 0.5) is 4.79 Å². The largest absolute Gasteiger partial charge is 0.460 e. The zero-order chi connectivity index (χ0) is 15.6. The van der Waals surface area contributed by atoms with E-state index >= 15 is 0 Å². The number of esters is 1. The number of carbonyl (C=O) groups is 2. The van der Waals surface area contributed by atoms with Crippen LogP contribution >= 0.6 is 7.75 Å². The molecule has 116 valence electrons. The molecule has 0 atom stereocenters. The molecule has 0 aromatic heterocycles. The molecule has 0 aromatic carbocycles.